The van der Waals surface area contributed by atoms with Crippen molar-refractivity contribution in [1.82, 2.24) is 0 Å². The van der Waals surface area contributed by atoms with E-state index in [9.17, 15) is 0 Å². The van der Waals surface area contributed by atoms with Crippen LogP contribution in [-0.2, 0) is 45.0 Å². The average molecular weight is 223 g/mol. The van der Waals surface area contributed by atoms with Crippen LogP contribution in [0, 0.1) is 39.9 Å². The molecule has 0 saturated heterocycles. The van der Waals surface area contributed by atoms with Gasteiger partial charge in [0.15, 0.2) is 0 Å². The Bertz CT molecular complexity index is 92.1. The van der Waals surface area contributed by atoms with E-state index in [1.165, 1.54) is 0 Å². The van der Waals surface area contributed by atoms with Crippen molar-refractivity contribution >= 4 is 0 Å². The van der Waals surface area contributed by atoms with E-state index in [2.05, 4.69) is 39.9 Å². The van der Waals surface area contributed by atoms with E-state index in [1.807, 2.05) is 0 Å². The van der Waals surface area contributed by atoms with Crippen molar-refractivity contribution < 1.29 is 45.0 Å². The van der Waals surface area contributed by atoms with Crippen LogP contribution >= 0.6 is 0 Å². The Labute approximate surface area is 85.5 Å². The van der Waals surface area contributed by atoms with Crippen molar-refractivity contribution in [3.05, 3.63) is 39.9 Å². The van der Waals surface area contributed by atoms with Gasteiger partial charge in [-0.25, -0.2) is 0 Å². The van der Waals surface area contributed by atoms with Crippen molar-refractivity contribution in [1.29, 1.82) is 0 Å². The molecule has 0 heterocycles. The Kier molecular flexibility index (Phi) is 4510. The van der Waals surface area contributed by atoms with Gasteiger partial charge in [-0.3, -0.25) is 0 Å². The first kappa shape index (κ1) is 58.4. The topological polar surface area (TPSA) is 119 Å². The van der Waals surface area contributed by atoms with Gasteiger partial charge in [0.05, 0.1) is 0 Å². The zero-order chi connectivity index (χ0) is 12.0. The van der Waals surface area contributed by atoms with Gasteiger partial charge in [-0.05, 0) is 0 Å². The van der Waals surface area contributed by atoms with Crippen LogP contribution in [0.2, 0.25) is 0 Å². The molecule has 0 aromatic heterocycles. The molecule has 0 N–H and O–H groups in total. The van der Waals surface area contributed by atoms with Gasteiger partial charge in [0, 0.05) is 17.1 Å². The van der Waals surface area contributed by atoms with E-state index >= 15 is 0 Å². The summed E-state index contributed by atoms with van der Waals surface area (Å²) in [6.45, 7) is 27.0. The van der Waals surface area contributed by atoms with E-state index in [-0.39, 0.29) is 17.1 Å². The first-order valence-corrected chi connectivity index (χ1v) is 1.22. The van der Waals surface area contributed by atoms with Crippen LogP contribution in [0.25, 0.3) is 0 Å². The van der Waals surface area contributed by atoms with Gasteiger partial charge < -0.3 is 0 Å². The van der Waals surface area contributed by atoms with Gasteiger partial charge in [-0.15, -0.1) is 0 Å². The molecular formula is C6MnO6. The molecule has 0 unspecified atom stereocenters. The first-order valence-electron chi connectivity index (χ1n) is 1.22. The molecule has 0 aliphatic carbocycles. The molecule has 0 bridgehead atoms. The largest absolute Gasteiger partial charge is 0 e. The summed E-state index contributed by atoms with van der Waals surface area (Å²) in [4.78, 5) is 0. The number of rotatable bonds is 0. The van der Waals surface area contributed by atoms with Crippen LogP contribution in [0.4, 0.5) is 0 Å². The summed E-state index contributed by atoms with van der Waals surface area (Å²) >= 11 is 0. The van der Waals surface area contributed by atoms with Gasteiger partial charge in [0.1, 0.15) is 0 Å². The first-order chi connectivity index (χ1) is 6.00. The van der Waals surface area contributed by atoms with E-state index in [0.717, 1.165) is 0 Å². The maximum absolute atomic E-state index is 7.50. The second-order valence-corrected chi connectivity index (χ2v) is 0. The predicted molar refractivity (Wildman–Crippen MR) is 23.6 cm³/mol. The summed E-state index contributed by atoms with van der Waals surface area (Å²) in [7, 11) is 0. The Hall–Kier alpha value is -1.04. The van der Waals surface area contributed by atoms with Crippen LogP contribution in [0.3, 0.4) is 0 Å². The van der Waals surface area contributed by atoms with Crippen molar-refractivity contribution in [2.24, 2.45) is 0 Å². The molecule has 0 fully saturated rings. The molecular weight excluding hydrogens is 223 g/mol. The summed E-state index contributed by atoms with van der Waals surface area (Å²) < 4.78 is 45.0. The molecule has 7 heteroatoms. The summed E-state index contributed by atoms with van der Waals surface area (Å²) in [5.74, 6) is 0. The van der Waals surface area contributed by atoms with Gasteiger partial charge >= 0.3 is 67.8 Å². The molecule has 0 aliphatic heterocycles. The molecule has 0 aromatic rings. The van der Waals surface area contributed by atoms with E-state index < -0.39 is 0 Å². The summed E-state index contributed by atoms with van der Waals surface area (Å²) in [6.07, 6.45) is 0. The molecule has 67 valence electrons. The zero-order valence-corrected chi connectivity index (χ0v) is 7.01. The molecule has 0 spiro atoms. The van der Waals surface area contributed by atoms with Crippen LogP contribution in [0.15, 0.2) is 0 Å². The fourth-order valence-electron chi connectivity index (χ4n) is 0. The SMILES string of the molecule is [C-]#[O+].[C-]#[O+].[C-]#[O+].[C-]#[O+].[C-]#[O+].[C-]#[O+].[Mn]. The van der Waals surface area contributed by atoms with Crippen molar-refractivity contribution in [3.63, 3.8) is 0 Å². The molecule has 6 nitrogen and oxygen atoms in total. The molecule has 0 aromatic carbocycles. The van der Waals surface area contributed by atoms with Crippen molar-refractivity contribution in [3.8, 4) is 0 Å². The maximum Gasteiger partial charge on any atom is 0 e. The van der Waals surface area contributed by atoms with Crippen LogP contribution in [-0.4, -0.2) is 0 Å². The smallest absolute Gasteiger partial charge is 0 e. The summed E-state index contributed by atoms with van der Waals surface area (Å²) in [6, 6.07) is 0. The maximum atomic E-state index is 7.50. The zero-order valence-electron chi connectivity index (χ0n) is 5.83. The Morgan fingerprint density at radius 2 is 0.308 bits per heavy atom. The Balaban J connectivity index is -0.00000000655. The molecule has 0 aliphatic rings. The van der Waals surface area contributed by atoms with Crippen molar-refractivity contribution in [2.75, 3.05) is 0 Å². The fourth-order valence-corrected chi connectivity index (χ4v) is 0. The normalized spacial score (nSPS) is 0.923. The molecule has 13 heavy (non-hydrogen) atoms. The minimum Gasteiger partial charge on any atom is 0 e. The van der Waals surface area contributed by atoms with Crippen LogP contribution in [0.1, 0.15) is 0 Å². The quantitative estimate of drug-likeness (QED) is 0.306. The molecule has 0 saturated carbocycles. The van der Waals surface area contributed by atoms with Gasteiger partial charge in [-0.2, -0.15) is 0 Å². The van der Waals surface area contributed by atoms with Crippen LogP contribution < -0.4 is 0 Å². The second-order valence-electron chi connectivity index (χ2n) is 0. The minimum absolute atomic E-state index is 0. The third kappa shape index (κ3) is 813. The molecule has 0 rings (SSSR count). The van der Waals surface area contributed by atoms with Gasteiger partial charge in [0.2, 0.25) is 0 Å². The van der Waals surface area contributed by atoms with Crippen molar-refractivity contribution in [2.45, 2.75) is 0 Å². The van der Waals surface area contributed by atoms with Gasteiger partial charge in [0.25, 0.3) is 0 Å². The number of hydrogen-bond donors (Lipinski definition) is 0. The standard InChI is InChI=1S/6CO.Mn/c6*1-2;. The minimum atomic E-state index is 0. The molecule has 0 amide bonds. The van der Waals surface area contributed by atoms with E-state index in [0.29, 0.717) is 0 Å². The summed E-state index contributed by atoms with van der Waals surface area (Å²) in [5, 5.41) is 0. The molecule has 0 atom stereocenters. The third-order valence-electron chi connectivity index (χ3n) is 0. The Morgan fingerprint density at radius 1 is 0.308 bits per heavy atom. The van der Waals surface area contributed by atoms with Crippen LogP contribution in [0.5, 0.6) is 0 Å². The third-order valence-corrected chi connectivity index (χ3v) is 0. The monoisotopic (exact) mass is 223 g/mol. The molecule has 1 radical (unpaired) electrons. The van der Waals surface area contributed by atoms with E-state index in [1.54, 1.807) is 0 Å². The second kappa shape index (κ2) is 1000. The fraction of sp³-hybridized carbons (Fsp3) is 0. The average Bonchev–Trinajstić information content (AvgIpc) is 2.33. The number of hydrogen-bond acceptors (Lipinski definition) is 0. The summed E-state index contributed by atoms with van der Waals surface area (Å²) in [5.41, 5.74) is 0. The van der Waals surface area contributed by atoms with E-state index in [4.69, 9.17) is 27.9 Å². The predicted octanol–water partition coefficient (Wildman–Crippen LogP) is -0.228. The Morgan fingerprint density at radius 3 is 0.308 bits per heavy atom. The van der Waals surface area contributed by atoms with Gasteiger partial charge in [-0.1, -0.05) is 0 Å².